The summed E-state index contributed by atoms with van der Waals surface area (Å²) in [4.78, 5) is 11.6. The summed E-state index contributed by atoms with van der Waals surface area (Å²) in [6.45, 7) is 4.17. The molecule has 3 rings (SSSR count). The summed E-state index contributed by atoms with van der Waals surface area (Å²) in [6.07, 6.45) is 4.51. The van der Waals surface area contributed by atoms with Crippen molar-refractivity contribution >= 4 is 39.7 Å². The topological polar surface area (TPSA) is 43.4 Å². The van der Waals surface area contributed by atoms with E-state index < -0.39 is 7.14 Å². The minimum absolute atomic E-state index is 0.144. The molecule has 1 atom stereocenters. The summed E-state index contributed by atoms with van der Waals surface area (Å²) in [7, 11) is -2.80. The maximum absolute atomic E-state index is 14.1. The van der Waals surface area contributed by atoms with E-state index in [0.717, 1.165) is 34.6 Å². The smallest absolute Gasteiger partial charge is 0.316 e. The summed E-state index contributed by atoms with van der Waals surface area (Å²) in [5.41, 5.74) is 2.09. The van der Waals surface area contributed by atoms with Gasteiger partial charge in [-0.2, -0.15) is 0 Å². The summed E-state index contributed by atoms with van der Waals surface area (Å²) in [5, 5.41) is 1.89. The van der Waals surface area contributed by atoms with Gasteiger partial charge in [0.2, 0.25) is 0 Å². The number of ether oxygens (including phenoxy) is 1. The summed E-state index contributed by atoms with van der Waals surface area (Å²) >= 11 is 3.13. The molecule has 0 heterocycles. The number of hydrogen-bond donors (Lipinski definition) is 0. The van der Waals surface area contributed by atoms with Crippen molar-refractivity contribution in [1.29, 1.82) is 0 Å². The first kappa shape index (κ1) is 20.8. The number of rotatable bonds is 6. The van der Waals surface area contributed by atoms with Crippen LogP contribution in [-0.4, -0.2) is 23.6 Å². The van der Waals surface area contributed by atoms with Gasteiger partial charge in [-0.3, -0.25) is 4.79 Å². The van der Waals surface area contributed by atoms with Crippen molar-refractivity contribution in [2.24, 2.45) is 0 Å². The van der Waals surface area contributed by atoms with Crippen LogP contribution in [-0.2, 0) is 14.1 Å². The molecule has 1 saturated carbocycles. The zero-order chi connectivity index (χ0) is 20.0. The van der Waals surface area contributed by atoms with Crippen LogP contribution in [0.5, 0.6) is 0 Å². The van der Waals surface area contributed by atoms with E-state index in [4.69, 9.17) is 4.74 Å². The largest absolute Gasteiger partial charge is 0.461 e. The molecule has 0 radical (unpaired) electrons. The van der Waals surface area contributed by atoms with Crippen LogP contribution < -0.4 is 10.6 Å². The second-order valence-electron chi connectivity index (χ2n) is 6.91. The van der Waals surface area contributed by atoms with E-state index in [1.54, 1.807) is 0 Å². The van der Waals surface area contributed by atoms with Gasteiger partial charge in [-0.25, -0.2) is 0 Å². The minimum Gasteiger partial charge on any atom is -0.461 e. The highest BCUT2D eigenvalue weighted by Crippen LogP contribution is 2.44. The molecule has 0 bridgehead atoms. The molecule has 3 nitrogen and oxygen atoms in total. The lowest BCUT2D eigenvalue weighted by atomic mass is 9.88. The van der Waals surface area contributed by atoms with Crippen molar-refractivity contribution in [3.63, 3.8) is 0 Å². The maximum Gasteiger partial charge on any atom is 0.316 e. The van der Waals surface area contributed by atoms with Gasteiger partial charge >= 0.3 is 5.97 Å². The molecule has 5 heteroatoms. The summed E-state index contributed by atoms with van der Waals surface area (Å²) in [6, 6.07) is 19.3. The number of halogens is 1. The first-order chi connectivity index (χ1) is 13.5. The van der Waals surface area contributed by atoms with E-state index in [-0.39, 0.29) is 17.4 Å². The molecule has 0 unspecified atom stereocenters. The van der Waals surface area contributed by atoms with Gasteiger partial charge in [-0.1, -0.05) is 94.8 Å². The fraction of sp³-hybridized carbons (Fsp3) is 0.261. The summed E-state index contributed by atoms with van der Waals surface area (Å²) < 4.78 is 19.6. The molecular weight excluding hydrogens is 435 g/mol. The molecule has 0 amide bonds. The SMILES string of the molecule is C=C1CC[C@H](OC(=O)CBr)C/C1=C/CP(=O)(c1ccccc1)c1ccccc1. The molecule has 0 aliphatic heterocycles. The molecule has 0 N–H and O–H groups in total. The zero-order valence-electron chi connectivity index (χ0n) is 15.7. The standard InChI is InChI=1S/C23H24BrO3P/c1-18-12-13-20(27-23(25)17-24)16-19(18)14-15-28(26,21-8-4-2-5-9-21)22-10-6-3-7-11-22/h2-11,14,20H,1,12-13,15-17H2/b19-14-/t20-/m0/s1. The normalized spacial score (nSPS) is 18.8. The molecule has 0 saturated heterocycles. The Morgan fingerprint density at radius 2 is 1.68 bits per heavy atom. The lowest BCUT2D eigenvalue weighted by Crippen LogP contribution is -2.24. The van der Waals surface area contributed by atoms with E-state index in [1.807, 2.05) is 66.7 Å². The van der Waals surface area contributed by atoms with Crippen LogP contribution in [0.4, 0.5) is 0 Å². The number of carbonyl (C=O) groups excluding carboxylic acids is 1. The second-order valence-corrected chi connectivity index (χ2v) is 10.4. The van der Waals surface area contributed by atoms with Crippen molar-refractivity contribution in [2.45, 2.75) is 25.4 Å². The lowest BCUT2D eigenvalue weighted by molar-refractivity contribution is -0.146. The predicted molar refractivity (Wildman–Crippen MR) is 119 cm³/mol. The third kappa shape index (κ3) is 4.92. The summed E-state index contributed by atoms with van der Waals surface area (Å²) in [5.74, 6) is -0.254. The number of hydrogen-bond acceptors (Lipinski definition) is 3. The average Bonchev–Trinajstić information content (AvgIpc) is 2.75. The van der Waals surface area contributed by atoms with E-state index in [2.05, 4.69) is 22.5 Å². The monoisotopic (exact) mass is 458 g/mol. The van der Waals surface area contributed by atoms with Gasteiger partial charge < -0.3 is 9.30 Å². The molecule has 2 aromatic rings. The van der Waals surface area contributed by atoms with Crippen LogP contribution in [0.15, 0.2) is 84.5 Å². The fourth-order valence-corrected chi connectivity index (χ4v) is 6.11. The number of alkyl halides is 1. The van der Waals surface area contributed by atoms with Gasteiger partial charge in [0.1, 0.15) is 18.6 Å². The Kier molecular flexibility index (Phi) is 7.09. The Labute approximate surface area is 175 Å². The van der Waals surface area contributed by atoms with Crippen LogP contribution in [0.25, 0.3) is 0 Å². The van der Waals surface area contributed by atoms with Crippen LogP contribution in [0.2, 0.25) is 0 Å². The maximum atomic E-state index is 14.1. The Bertz CT molecular complexity index is 862. The van der Waals surface area contributed by atoms with E-state index in [1.165, 1.54) is 0 Å². The molecule has 2 aromatic carbocycles. The van der Waals surface area contributed by atoms with Crippen molar-refractivity contribution in [3.8, 4) is 0 Å². The van der Waals surface area contributed by atoms with Crippen molar-refractivity contribution in [3.05, 3.63) is 84.5 Å². The average molecular weight is 459 g/mol. The van der Waals surface area contributed by atoms with Crippen LogP contribution in [0.1, 0.15) is 19.3 Å². The molecule has 1 aliphatic carbocycles. The zero-order valence-corrected chi connectivity index (χ0v) is 18.2. The molecule has 1 fully saturated rings. The molecule has 0 aromatic heterocycles. The van der Waals surface area contributed by atoms with Crippen molar-refractivity contribution in [1.82, 2.24) is 0 Å². The van der Waals surface area contributed by atoms with Crippen molar-refractivity contribution < 1.29 is 14.1 Å². The molecule has 0 spiro atoms. The van der Waals surface area contributed by atoms with Gasteiger partial charge in [0.05, 0.1) is 0 Å². The van der Waals surface area contributed by atoms with Gasteiger partial charge in [0.25, 0.3) is 0 Å². The minimum atomic E-state index is -2.80. The molecular formula is C23H24BrO3P. The van der Waals surface area contributed by atoms with Gasteiger partial charge in [0, 0.05) is 23.2 Å². The van der Waals surface area contributed by atoms with E-state index in [9.17, 15) is 9.36 Å². The quantitative estimate of drug-likeness (QED) is 0.348. The molecule has 28 heavy (non-hydrogen) atoms. The highest BCUT2D eigenvalue weighted by molar-refractivity contribution is 9.09. The predicted octanol–water partition coefficient (Wildman–Crippen LogP) is 4.97. The Morgan fingerprint density at radius 1 is 1.11 bits per heavy atom. The first-order valence-electron chi connectivity index (χ1n) is 9.36. The first-order valence-corrected chi connectivity index (χ1v) is 12.4. The fourth-order valence-electron chi connectivity index (χ4n) is 3.47. The Balaban J connectivity index is 1.88. The molecule has 1 aliphatic rings. The number of allylic oxidation sites excluding steroid dienone is 2. The third-order valence-corrected chi connectivity index (χ3v) is 8.44. The van der Waals surface area contributed by atoms with E-state index >= 15 is 0 Å². The van der Waals surface area contributed by atoms with Gasteiger partial charge in [0.15, 0.2) is 0 Å². The number of carbonyl (C=O) groups is 1. The second kappa shape index (κ2) is 9.54. The van der Waals surface area contributed by atoms with E-state index in [0.29, 0.717) is 12.6 Å². The highest BCUT2D eigenvalue weighted by Gasteiger charge is 2.28. The Hall–Kier alpha value is -1.90. The van der Waals surface area contributed by atoms with Gasteiger partial charge in [-0.15, -0.1) is 0 Å². The van der Waals surface area contributed by atoms with Crippen LogP contribution in [0.3, 0.4) is 0 Å². The Morgan fingerprint density at radius 3 is 2.21 bits per heavy atom. The highest BCUT2D eigenvalue weighted by atomic mass is 79.9. The van der Waals surface area contributed by atoms with Crippen LogP contribution in [0, 0.1) is 0 Å². The van der Waals surface area contributed by atoms with Gasteiger partial charge in [-0.05, 0) is 18.4 Å². The lowest BCUT2D eigenvalue weighted by Gasteiger charge is -2.26. The number of benzene rings is 2. The van der Waals surface area contributed by atoms with Crippen molar-refractivity contribution in [2.75, 3.05) is 11.5 Å². The van der Waals surface area contributed by atoms with Crippen LogP contribution >= 0.6 is 23.1 Å². The molecule has 146 valence electrons. The third-order valence-electron chi connectivity index (χ3n) is 5.02. The number of esters is 1.